The van der Waals surface area contributed by atoms with E-state index in [9.17, 15) is 9.59 Å². The molecule has 0 fully saturated rings. The van der Waals surface area contributed by atoms with Crippen LogP contribution in [-0.2, 0) is 22.7 Å². The average Bonchev–Trinajstić information content (AvgIpc) is 3.11. The Morgan fingerprint density at radius 1 is 1.12 bits per heavy atom. The molecular weight excluding hydrogens is 414 g/mol. The number of amides is 1. The molecular formula is C22H25N5O5. The smallest absolute Gasteiger partial charge is 0.444 e. The molecule has 0 aliphatic rings. The van der Waals surface area contributed by atoms with Crippen LogP contribution >= 0.6 is 0 Å². The lowest BCUT2D eigenvalue weighted by Crippen LogP contribution is -2.27. The first-order chi connectivity index (χ1) is 15.2. The Bertz CT molecular complexity index is 1150. The third kappa shape index (κ3) is 6.27. The van der Waals surface area contributed by atoms with E-state index >= 15 is 0 Å². The quantitative estimate of drug-likeness (QED) is 0.441. The molecule has 2 aromatic heterocycles. The summed E-state index contributed by atoms with van der Waals surface area (Å²) in [5.74, 6) is -0.131. The van der Waals surface area contributed by atoms with Gasteiger partial charge in [-0.05, 0) is 39.8 Å². The van der Waals surface area contributed by atoms with Gasteiger partial charge in [0.25, 0.3) is 0 Å². The first-order valence-corrected chi connectivity index (χ1v) is 10.0. The van der Waals surface area contributed by atoms with Crippen LogP contribution in [0.25, 0.3) is 0 Å². The predicted octanol–water partition coefficient (Wildman–Crippen LogP) is 3.57. The van der Waals surface area contributed by atoms with Crippen LogP contribution in [0.4, 0.5) is 10.6 Å². The minimum atomic E-state index is -0.715. The Balaban J connectivity index is 1.77. The maximum atomic E-state index is 11.9. The van der Waals surface area contributed by atoms with E-state index < -0.39 is 17.5 Å². The zero-order chi connectivity index (χ0) is 23.1. The molecule has 32 heavy (non-hydrogen) atoms. The number of rotatable bonds is 7. The molecule has 1 N–H and O–H groups in total. The predicted molar refractivity (Wildman–Crippen MR) is 117 cm³/mol. The lowest BCUT2D eigenvalue weighted by atomic mass is 10.1. The molecule has 2 heterocycles. The number of carbonyl (C=O) groups excluding carboxylic acids is 1. The zero-order valence-electron chi connectivity index (χ0n) is 18.4. The van der Waals surface area contributed by atoms with Gasteiger partial charge in [0.15, 0.2) is 12.3 Å². The van der Waals surface area contributed by atoms with Crippen LogP contribution in [0.5, 0.6) is 0 Å². The molecule has 3 rings (SSSR count). The summed E-state index contributed by atoms with van der Waals surface area (Å²) in [6.07, 6.45) is -0.601. The van der Waals surface area contributed by atoms with E-state index in [1.165, 1.54) is 4.74 Å². The van der Waals surface area contributed by atoms with Crippen molar-refractivity contribution in [2.45, 2.75) is 46.4 Å². The maximum absolute atomic E-state index is 11.9. The van der Waals surface area contributed by atoms with Crippen LogP contribution in [0.3, 0.4) is 0 Å². The molecule has 10 heteroatoms. The highest BCUT2D eigenvalue weighted by atomic mass is 16.6. The standard InChI is InChI=1S/C22H25N5O5/c1-5-27-19(25-21(29)32-27)18(15-10-7-6-8-11-15)26-30-14-16-12-9-13-17(23-16)24-20(28)31-22(2,3)4/h6-13H,5,14H2,1-4H3,(H,23,24,28)/b26-18-. The number of benzene rings is 1. The van der Waals surface area contributed by atoms with Crippen LogP contribution < -0.4 is 11.1 Å². The van der Waals surface area contributed by atoms with Crippen LogP contribution in [0.2, 0.25) is 0 Å². The van der Waals surface area contributed by atoms with Crippen molar-refractivity contribution >= 4 is 17.6 Å². The van der Waals surface area contributed by atoms with Crippen molar-refractivity contribution in [3.05, 3.63) is 76.2 Å². The van der Waals surface area contributed by atoms with Crippen LogP contribution in [0, 0.1) is 0 Å². The van der Waals surface area contributed by atoms with Gasteiger partial charge in [-0.3, -0.25) is 5.32 Å². The van der Waals surface area contributed by atoms with Crippen molar-refractivity contribution in [1.29, 1.82) is 0 Å². The highest BCUT2D eigenvalue weighted by Gasteiger charge is 2.18. The minimum Gasteiger partial charge on any atom is -0.444 e. The lowest BCUT2D eigenvalue weighted by Gasteiger charge is -2.19. The van der Waals surface area contributed by atoms with Gasteiger partial charge in [-0.25, -0.2) is 14.6 Å². The molecule has 1 aromatic carbocycles. The molecule has 168 valence electrons. The van der Waals surface area contributed by atoms with E-state index in [0.29, 0.717) is 29.3 Å². The summed E-state index contributed by atoms with van der Waals surface area (Å²) >= 11 is 0. The molecule has 0 saturated carbocycles. The third-order valence-electron chi connectivity index (χ3n) is 3.97. The largest absolute Gasteiger partial charge is 0.460 e. The van der Waals surface area contributed by atoms with Crippen molar-refractivity contribution in [2.75, 3.05) is 5.32 Å². The summed E-state index contributed by atoms with van der Waals surface area (Å²) in [6.45, 7) is 7.58. The van der Waals surface area contributed by atoms with Gasteiger partial charge in [0.1, 0.15) is 11.4 Å². The van der Waals surface area contributed by atoms with E-state index in [2.05, 4.69) is 20.4 Å². The molecule has 10 nitrogen and oxygen atoms in total. The Morgan fingerprint density at radius 3 is 2.56 bits per heavy atom. The summed E-state index contributed by atoms with van der Waals surface area (Å²) in [5, 5.41) is 6.79. The van der Waals surface area contributed by atoms with Crippen molar-refractivity contribution in [3.8, 4) is 0 Å². The van der Waals surface area contributed by atoms with Gasteiger partial charge in [-0.15, -0.1) is 0 Å². The van der Waals surface area contributed by atoms with Gasteiger partial charge in [-0.2, -0.15) is 9.72 Å². The number of pyridine rings is 1. The molecule has 3 aromatic rings. The molecule has 0 bridgehead atoms. The van der Waals surface area contributed by atoms with Crippen molar-refractivity contribution < 1.29 is 18.9 Å². The molecule has 0 unspecified atom stereocenters. The number of ether oxygens (including phenoxy) is 1. The maximum Gasteiger partial charge on any atom is 0.460 e. The SMILES string of the molecule is CCn1oc(=O)nc1/C(=N\OCc1cccc(NC(=O)OC(C)(C)C)n1)c1ccccc1. The topological polar surface area (TPSA) is 121 Å². The second kappa shape index (κ2) is 9.90. The van der Waals surface area contributed by atoms with Crippen LogP contribution in [0.1, 0.15) is 44.8 Å². The van der Waals surface area contributed by atoms with E-state index in [1.54, 1.807) is 39.0 Å². The van der Waals surface area contributed by atoms with Gasteiger partial charge >= 0.3 is 11.8 Å². The van der Waals surface area contributed by atoms with Crippen molar-refractivity contribution in [3.63, 3.8) is 0 Å². The summed E-state index contributed by atoms with van der Waals surface area (Å²) in [4.78, 5) is 37.4. The number of carbonyl (C=O) groups is 1. The summed E-state index contributed by atoms with van der Waals surface area (Å²) < 4.78 is 11.6. The number of oxime groups is 1. The fraction of sp³-hybridized carbons (Fsp3) is 0.318. The van der Waals surface area contributed by atoms with E-state index in [0.717, 1.165) is 0 Å². The van der Waals surface area contributed by atoms with Crippen molar-refractivity contribution in [1.82, 2.24) is 14.7 Å². The molecule has 1 amide bonds. The number of nitrogens with zero attached hydrogens (tertiary/aromatic N) is 4. The van der Waals surface area contributed by atoms with Gasteiger partial charge in [0.2, 0.25) is 5.82 Å². The minimum absolute atomic E-state index is 0.0222. The number of nitrogens with one attached hydrogen (secondary N) is 1. The molecule has 0 radical (unpaired) electrons. The van der Waals surface area contributed by atoms with Gasteiger partial charge < -0.3 is 14.1 Å². The summed E-state index contributed by atoms with van der Waals surface area (Å²) in [7, 11) is 0. The Hall–Kier alpha value is -3.95. The zero-order valence-corrected chi connectivity index (χ0v) is 18.4. The number of aromatic nitrogens is 3. The van der Waals surface area contributed by atoms with Crippen LogP contribution in [-0.4, -0.2) is 32.1 Å². The van der Waals surface area contributed by atoms with Gasteiger partial charge in [0, 0.05) is 5.56 Å². The van der Waals surface area contributed by atoms with E-state index in [4.69, 9.17) is 14.1 Å². The van der Waals surface area contributed by atoms with E-state index in [1.807, 2.05) is 37.3 Å². The highest BCUT2D eigenvalue weighted by Crippen LogP contribution is 2.13. The first-order valence-electron chi connectivity index (χ1n) is 10.0. The Morgan fingerprint density at radius 2 is 1.88 bits per heavy atom. The number of hydrogen-bond donors (Lipinski definition) is 1. The number of aryl methyl sites for hydroxylation is 1. The number of hydrogen-bond acceptors (Lipinski definition) is 8. The third-order valence-corrected chi connectivity index (χ3v) is 3.97. The molecule has 0 spiro atoms. The molecule has 0 aliphatic heterocycles. The molecule has 0 aliphatic carbocycles. The Kier molecular flexibility index (Phi) is 7.04. The normalized spacial score (nSPS) is 11.8. The fourth-order valence-corrected chi connectivity index (χ4v) is 2.70. The lowest BCUT2D eigenvalue weighted by molar-refractivity contribution is 0.0635. The van der Waals surface area contributed by atoms with Crippen LogP contribution in [0.15, 0.2) is 63.0 Å². The van der Waals surface area contributed by atoms with E-state index in [-0.39, 0.29) is 12.4 Å². The van der Waals surface area contributed by atoms with Gasteiger partial charge in [0.05, 0.1) is 12.2 Å². The Labute approximate surface area is 184 Å². The highest BCUT2D eigenvalue weighted by molar-refractivity contribution is 6.10. The second-order valence-corrected chi connectivity index (χ2v) is 7.71. The first kappa shape index (κ1) is 22.7. The summed E-state index contributed by atoms with van der Waals surface area (Å²) in [6, 6.07) is 14.3. The fourth-order valence-electron chi connectivity index (χ4n) is 2.70. The van der Waals surface area contributed by atoms with Gasteiger partial charge in [-0.1, -0.05) is 41.6 Å². The monoisotopic (exact) mass is 439 g/mol. The molecule has 0 saturated heterocycles. The summed E-state index contributed by atoms with van der Waals surface area (Å²) in [5.41, 5.74) is 0.966. The average molecular weight is 439 g/mol. The number of anilines is 1. The molecule has 0 atom stereocenters. The van der Waals surface area contributed by atoms with Crippen molar-refractivity contribution in [2.24, 2.45) is 5.16 Å². The second-order valence-electron chi connectivity index (χ2n) is 7.71.